The number of imidazole rings is 1. The van der Waals surface area contributed by atoms with E-state index in [9.17, 15) is 5.11 Å². The maximum atomic E-state index is 10.7. The Morgan fingerprint density at radius 3 is 3.00 bits per heavy atom. The first-order valence-electron chi connectivity index (χ1n) is 7.81. The van der Waals surface area contributed by atoms with Gasteiger partial charge in [-0.2, -0.15) is 0 Å². The molecule has 0 aromatic carbocycles. The Bertz CT molecular complexity index is 883. The fraction of sp³-hybridized carbons (Fsp3) is 0.438. The van der Waals surface area contributed by atoms with Crippen molar-refractivity contribution in [3.8, 4) is 0 Å². The molecular formula is C16H19N5O2. The maximum absolute atomic E-state index is 10.7. The molecule has 0 amide bonds. The van der Waals surface area contributed by atoms with Crippen LogP contribution < -0.4 is 5.73 Å². The fourth-order valence-corrected chi connectivity index (χ4v) is 3.23. The van der Waals surface area contributed by atoms with Gasteiger partial charge in [0.2, 0.25) is 0 Å². The summed E-state index contributed by atoms with van der Waals surface area (Å²) in [4.78, 5) is 13.5. The van der Waals surface area contributed by atoms with Crippen LogP contribution in [0.15, 0.2) is 18.3 Å². The van der Waals surface area contributed by atoms with E-state index in [2.05, 4.69) is 15.0 Å². The first-order valence-corrected chi connectivity index (χ1v) is 7.81. The third-order valence-electron chi connectivity index (χ3n) is 4.39. The van der Waals surface area contributed by atoms with E-state index in [-0.39, 0.29) is 0 Å². The van der Waals surface area contributed by atoms with E-state index in [1.807, 2.05) is 23.6 Å². The molecule has 4 heterocycles. The number of aliphatic hydroxyl groups is 1. The van der Waals surface area contributed by atoms with Gasteiger partial charge in [0, 0.05) is 25.6 Å². The Balaban J connectivity index is 2.00. The van der Waals surface area contributed by atoms with Gasteiger partial charge in [0.1, 0.15) is 28.0 Å². The second kappa shape index (κ2) is 5.14. The molecule has 3 aromatic rings. The van der Waals surface area contributed by atoms with E-state index >= 15 is 0 Å². The highest BCUT2D eigenvalue weighted by molar-refractivity contribution is 6.04. The van der Waals surface area contributed by atoms with Gasteiger partial charge in [-0.25, -0.2) is 9.97 Å². The summed E-state index contributed by atoms with van der Waals surface area (Å²) < 4.78 is 7.39. The summed E-state index contributed by atoms with van der Waals surface area (Å²) in [6.07, 6.45) is 3.08. The highest BCUT2D eigenvalue weighted by atomic mass is 16.5. The molecule has 7 heteroatoms. The van der Waals surface area contributed by atoms with Crippen molar-refractivity contribution in [3.63, 3.8) is 0 Å². The quantitative estimate of drug-likeness (QED) is 0.755. The van der Waals surface area contributed by atoms with Crippen LogP contribution in [0.3, 0.4) is 0 Å². The summed E-state index contributed by atoms with van der Waals surface area (Å²) in [5.41, 5.74) is 8.20. The van der Waals surface area contributed by atoms with Gasteiger partial charge in [-0.1, -0.05) is 6.92 Å². The van der Waals surface area contributed by atoms with Crippen molar-refractivity contribution < 1.29 is 9.84 Å². The van der Waals surface area contributed by atoms with Crippen molar-refractivity contribution in [2.75, 3.05) is 18.9 Å². The van der Waals surface area contributed by atoms with E-state index in [0.717, 1.165) is 28.8 Å². The van der Waals surface area contributed by atoms with Gasteiger partial charge in [0.15, 0.2) is 5.82 Å². The van der Waals surface area contributed by atoms with Crippen molar-refractivity contribution >= 4 is 27.9 Å². The number of hydrogen-bond acceptors (Lipinski definition) is 6. The molecule has 3 N–H and O–H groups in total. The molecule has 0 spiro atoms. The Morgan fingerprint density at radius 1 is 1.39 bits per heavy atom. The number of nitrogens with zero attached hydrogens (tertiary/aromatic N) is 4. The molecule has 3 aromatic heterocycles. The number of nitrogen functional groups attached to an aromatic ring is 1. The SMILES string of the molecule is CCc1nc2c(N)nc3cccnc3c2n1CC1(O)CCOC1. The number of nitrogens with two attached hydrogens (primary N) is 1. The standard InChI is InChI=1S/C16H19N5O2/c1-2-11-20-13-14(21(11)8-16(22)5-7-23-9-16)12-10(19-15(13)17)4-3-6-18-12/h3-4,6,22H,2,5,7-9H2,1H3,(H2,17,19). The predicted octanol–water partition coefficient (Wildman–Crippen LogP) is 1.28. The minimum atomic E-state index is -0.878. The average Bonchev–Trinajstić information content (AvgIpc) is 3.13. The van der Waals surface area contributed by atoms with Crippen LogP contribution in [0.1, 0.15) is 19.2 Å². The molecule has 23 heavy (non-hydrogen) atoms. The van der Waals surface area contributed by atoms with Crippen LogP contribution in [-0.2, 0) is 17.7 Å². The second-order valence-corrected chi connectivity index (χ2v) is 6.06. The van der Waals surface area contributed by atoms with Gasteiger partial charge in [0.25, 0.3) is 0 Å². The molecule has 0 radical (unpaired) electrons. The summed E-state index contributed by atoms with van der Waals surface area (Å²) in [5.74, 6) is 1.26. The maximum Gasteiger partial charge on any atom is 0.152 e. The van der Waals surface area contributed by atoms with E-state index < -0.39 is 5.60 Å². The Labute approximate surface area is 133 Å². The van der Waals surface area contributed by atoms with Crippen LogP contribution in [0.4, 0.5) is 5.82 Å². The molecule has 1 saturated heterocycles. The third kappa shape index (κ3) is 2.24. The monoisotopic (exact) mass is 313 g/mol. The molecule has 4 rings (SSSR count). The van der Waals surface area contributed by atoms with Crippen LogP contribution in [0.5, 0.6) is 0 Å². The lowest BCUT2D eigenvalue weighted by atomic mass is 10.0. The fourth-order valence-electron chi connectivity index (χ4n) is 3.23. The number of hydrogen-bond donors (Lipinski definition) is 2. The van der Waals surface area contributed by atoms with Crippen LogP contribution in [0.2, 0.25) is 0 Å². The van der Waals surface area contributed by atoms with Crippen molar-refractivity contribution in [1.29, 1.82) is 0 Å². The number of aromatic nitrogens is 4. The molecule has 1 fully saturated rings. The summed E-state index contributed by atoms with van der Waals surface area (Å²) in [7, 11) is 0. The molecule has 1 unspecified atom stereocenters. The van der Waals surface area contributed by atoms with Crippen LogP contribution in [-0.4, -0.2) is 43.4 Å². The number of anilines is 1. The molecule has 7 nitrogen and oxygen atoms in total. The molecule has 0 bridgehead atoms. The zero-order valence-electron chi connectivity index (χ0n) is 13.0. The predicted molar refractivity (Wildman–Crippen MR) is 87.0 cm³/mol. The third-order valence-corrected chi connectivity index (χ3v) is 4.39. The lowest BCUT2D eigenvalue weighted by Crippen LogP contribution is -2.35. The van der Waals surface area contributed by atoms with Crippen molar-refractivity contribution in [2.24, 2.45) is 0 Å². The van der Waals surface area contributed by atoms with Gasteiger partial charge in [-0.15, -0.1) is 0 Å². The number of ether oxygens (including phenoxy) is 1. The van der Waals surface area contributed by atoms with E-state index in [4.69, 9.17) is 10.5 Å². The first-order chi connectivity index (χ1) is 11.1. The Kier molecular flexibility index (Phi) is 3.21. The summed E-state index contributed by atoms with van der Waals surface area (Å²) in [6, 6.07) is 3.72. The number of aryl methyl sites for hydroxylation is 1. The minimum Gasteiger partial charge on any atom is -0.386 e. The zero-order chi connectivity index (χ0) is 16.0. The normalized spacial score (nSPS) is 21.5. The molecule has 1 aliphatic rings. The second-order valence-electron chi connectivity index (χ2n) is 6.06. The first kappa shape index (κ1) is 14.3. The summed E-state index contributed by atoms with van der Waals surface area (Å²) in [6.45, 7) is 3.36. The number of rotatable bonds is 3. The topological polar surface area (TPSA) is 99.1 Å². The zero-order valence-corrected chi connectivity index (χ0v) is 13.0. The molecule has 1 atom stereocenters. The summed E-state index contributed by atoms with van der Waals surface area (Å²) in [5, 5.41) is 10.7. The molecule has 1 aliphatic heterocycles. The minimum absolute atomic E-state index is 0.335. The van der Waals surface area contributed by atoms with E-state index in [0.29, 0.717) is 37.5 Å². The van der Waals surface area contributed by atoms with Gasteiger partial charge >= 0.3 is 0 Å². The van der Waals surface area contributed by atoms with E-state index in [1.165, 1.54) is 0 Å². The number of fused-ring (bicyclic) bond motifs is 3. The van der Waals surface area contributed by atoms with Crippen molar-refractivity contribution in [1.82, 2.24) is 19.5 Å². The average molecular weight is 313 g/mol. The van der Waals surface area contributed by atoms with Gasteiger partial charge in [-0.3, -0.25) is 4.98 Å². The van der Waals surface area contributed by atoms with Crippen LogP contribution in [0, 0.1) is 0 Å². The van der Waals surface area contributed by atoms with Gasteiger partial charge < -0.3 is 20.1 Å². The Morgan fingerprint density at radius 2 is 2.26 bits per heavy atom. The number of pyridine rings is 2. The van der Waals surface area contributed by atoms with Crippen LogP contribution >= 0.6 is 0 Å². The van der Waals surface area contributed by atoms with Crippen LogP contribution in [0.25, 0.3) is 22.1 Å². The molecular weight excluding hydrogens is 294 g/mol. The Hall–Kier alpha value is -2.25. The van der Waals surface area contributed by atoms with Crippen molar-refractivity contribution in [2.45, 2.75) is 31.9 Å². The lowest BCUT2D eigenvalue weighted by Gasteiger charge is -2.22. The van der Waals surface area contributed by atoms with Gasteiger partial charge in [0.05, 0.1) is 18.7 Å². The smallest absolute Gasteiger partial charge is 0.152 e. The van der Waals surface area contributed by atoms with Crippen molar-refractivity contribution in [3.05, 3.63) is 24.2 Å². The molecule has 0 aliphatic carbocycles. The highest BCUT2D eigenvalue weighted by Gasteiger charge is 2.34. The largest absolute Gasteiger partial charge is 0.386 e. The summed E-state index contributed by atoms with van der Waals surface area (Å²) >= 11 is 0. The van der Waals surface area contributed by atoms with E-state index in [1.54, 1.807) is 6.20 Å². The van der Waals surface area contributed by atoms with Gasteiger partial charge in [-0.05, 0) is 12.1 Å². The lowest BCUT2D eigenvalue weighted by molar-refractivity contribution is 0.0121. The highest BCUT2D eigenvalue weighted by Crippen LogP contribution is 2.30. The molecule has 0 saturated carbocycles. The molecule has 120 valence electrons.